The topological polar surface area (TPSA) is 111 Å². The molecule has 1 aromatic carbocycles. The predicted octanol–water partition coefficient (Wildman–Crippen LogP) is 2.74. The molecule has 0 bridgehead atoms. The molecule has 1 heterocycles. The summed E-state index contributed by atoms with van der Waals surface area (Å²) in [5.74, 6) is -1.69. The molecule has 8 nitrogen and oxygen atoms in total. The third-order valence-electron chi connectivity index (χ3n) is 3.76. The second-order valence-corrected chi connectivity index (χ2v) is 6.99. The number of hydrogen-bond acceptors (Lipinski definition) is 5. The summed E-state index contributed by atoms with van der Waals surface area (Å²) in [5.41, 5.74) is 1.31. The maximum atomic E-state index is 9.10. The van der Waals surface area contributed by atoms with Crippen molar-refractivity contribution in [3.05, 3.63) is 48.0 Å². The molecule has 0 radical (unpaired) electrons. The van der Waals surface area contributed by atoms with Crippen LogP contribution in [0.3, 0.4) is 0 Å². The Bertz CT molecular complexity index is 752. The van der Waals surface area contributed by atoms with Crippen LogP contribution < -0.4 is 4.74 Å². The number of hydrogen-bond donors (Lipinski definition) is 2. The second kappa shape index (κ2) is 11.1. The number of rotatable bonds is 7. The largest absolute Gasteiger partial charge is 0.491 e. The number of carboxylic acids is 2. The predicted molar refractivity (Wildman–Crippen MR) is 104 cm³/mol. The molecule has 2 aromatic rings. The molecular weight excluding hydrogens is 364 g/mol. The van der Waals surface area contributed by atoms with E-state index in [-0.39, 0.29) is 5.41 Å². The fourth-order valence-corrected chi connectivity index (χ4v) is 2.33. The van der Waals surface area contributed by atoms with Gasteiger partial charge in [0.15, 0.2) is 0 Å². The first kappa shape index (κ1) is 23.2. The third kappa shape index (κ3) is 8.22. The van der Waals surface area contributed by atoms with Crippen LogP contribution in [0.2, 0.25) is 0 Å². The lowest BCUT2D eigenvalue weighted by atomic mass is 9.86. The van der Waals surface area contributed by atoms with E-state index < -0.39 is 11.9 Å². The van der Waals surface area contributed by atoms with Crippen molar-refractivity contribution >= 4 is 11.9 Å². The Morgan fingerprint density at radius 3 is 2.25 bits per heavy atom. The van der Waals surface area contributed by atoms with Gasteiger partial charge in [0.2, 0.25) is 0 Å². The Kier molecular flexibility index (Phi) is 9.17. The van der Waals surface area contributed by atoms with Crippen LogP contribution in [0.1, 0.15) is 32.2 Å². The van der Waals surface area contributed by atoms with Crippen LogP contribution in [0.25, 0.3) is 0 Å². The minimum Gasteiger partial charge on any atom is -0.491 e. The van der Waals surface area contributed by atoms with E-state index in [1.807, 2.05) is 31.5 Å². The minimum absolute atomic E-state index is 0.0798. The first-order valence-corrected chi connectivity index (χ1v) is 8.87. The number of carbonyl (C=O) groups is 2. The fourth-order valence-electron chi connectivity index (χ4n) is 2.33. The zero-order chi connectivity index (χ0) is 21.2. The molecule has 0 aliphatic heterocycles. The lowest BCUT2D eigenvalue weighted by Crippen LogP contribution is -2.16. The van der Waals surface area contributed by atoms with Gasteiger partial charge < -0.3 is 24.3 Å². The fraction of sp³-hybridized carbons (Fsp3) is 0.450. The van der Waals surface area contributed by atoms with Crippen molar-refractivity contribution in [2.75, 3.05) is 19.8 Å². The second-order valence-electron chi connectivity index (χ2n) is 6.99. The highest BCUT2D eigenvalue weighted by Crippen LogP contribution is 2.30. The smallest absolute Gasteiger partial charge is 0.414 e. The first-order chi connectivity index (χ1) is 13.1. The van der Waals surface area contributed by atoms with E-state index >= 15 is 0 Å². The molecule has 0 spiro atoms. The number of benzene rings is 1. The van der Waals surface area contributed by atoms with Crippen LogP contribution in [0, 0.1) is 6.92 Å². The molecule has 1 aromatic heterocycles. The molecule has 28 heavy (non-hydrogen) atoms. The average Bonchev–Trinajstić information content (AvgIpc) is 3.03. The van der Waals surface area contributed by atoms with Gasteiger partial charge in [-0.05, 0) is 24.0 Å². The van der Waals surface area contributed by atoms with E-state index in [2.05, 4.69) is 42.5 Å². The Hall–Kier alpha value is -2.87. The SMILES string of the molecule is Cc1nccn1CCOCCOc1ccccc1C(C)(C)C.O=C(O)C(=O)O. The standard InChI is InChI=1S/C18H26N2O2.C2H2O4/c1-15-19-9-10-20(15)11-12-21-13-14-22-17-8-6-5-7-16(17)18(2,3)4;3-1(4)2(5)6/h5-10H,11-14H2,1-4H3;(H,3,4)(H,5,6). The molecule has 0 saturated heterocycles. The van der Waals surface area contributed by atoms with E-state index in [0.29, 0.717) is 19.8 Å². The summed E-state index contributed by atoms with van der Waals surface area (Å²) < 4.78 is 13.6. The number of aryl methyl sites for hydroxylation is 1. The molecule has 2 N–H and O–H groups in total. The van der Waals surface area contributed by atoms with Crippen LogP contribution in [-0.4, -0.2) is 51.5 Å². The Morgan fingerprint density at radius 2 is 1.71 bits per heavy atom. The number of carboxylic acid groups (broad SMARTS) is 2. The van der Waals surface area contributed by atoms with Crippen molar-refractivity contribution in [3.8, 4) is 5.75 Å². The maximum Gasteiger partial charge on any atom is 0.414 e. The van der Waals surface area contributed by atoms with Gasteiger partial charge in [-0.25, -0.2) is 14.6 Å². The van der Waals surface area contributed by atoms with Gasteiger partial charge in [-0.15, -0.1) is 0 Å². The van der Waals surface area contributed by atoms with Gasteiger partial charge in [-0.1, -0.05) is 39.0 Å². The van der Waals surface area contributed by atoms with Gasteiger partial charge in [0, 0.05) is 18.9 Å². The van der Waals surface area contributed by atoms with Crippen molar-refractivity contribution in [3.63, 3.8) is 0 Å². The molecule has 154 valence electrons. The van der Waals surface area contributed by atoms with Crippen LogP contribution in [0.5, 0.6) is 5.75 Å². The first-order valence-electron chi connectivity index (χ1n) is 8.87. The number of nitrogens with zero attached hydrogens (tertiary/aromatic N) is 2. The molecule has 0 aliphatic carbocycles. The highest BCUT2D eigenvalue weighted by Gasteiger charge is 2.18. The number of imidazole rings is 1. The summed E-state index contributed by atoms with van der Waals surface area (Å²) in [4.78, 5) is 22.4. The maximum absolute atomic E-state index is 9.10. The van der Waals surface area contributed by atoms with Crippen molar-refractivity contribution in [1.82, 2.24) is 9.55 Å². The summed E-state index contributed by atoms with van der Waals surface area (Å²) in [5, 5.41) is 14.8. The summed E-state index contributed by atoms with van der Waals surface area (Å²) in [6.07, 6.45) is 3.77. The van der Waals surface area contributed by atoms with E-state index in [9.17, 15) is 0 Å². The molecule has 0 fully saturated rings. The highest BCUT2D eigenvalue weighted by atomic mass is 16.5. The summed E-state index contributed by atoms with van der Waals surface area (Å²) in [6.45, 7) is 11.2. The van der Waals surface area contributed by atoms with Gasteiger partial charge in [0.1, 0.15) is 18.2 Å². The van der Waals surface area contributed by atoms with Gasteiger partial charge in [-0.3, -0.25) is 0 Å². The van der Waals surface area contributed by atoms with Crippen molar-refractivity contribution in [2.24, 2.45) is 0 Å². The number of aliphatic carboxylic acids is 2. The van der Waals surface area contributed by atoms with Crippen molar-refractivity contribution < 1.29 is 29.3 Å². The number of ether oxygens (including phenoxy) is 2. The quantitative estimate of drug-likeness (QED) is 0.550. The van der Waals surface area contributed by atoms with Crippen LogP contribution in [-0.2, 0) is 26.3 Å². The third-order valence-corrected chi connectivity index (χ3v) is 3.76. The van der Waals surface area contributed by atoms with E-state index in [4.69, 9.17) is 29.3 Å². The number of para-hydroxylation sites is 1. The average molecular weight is 392 g/mol. The molecule has 0 amide bonds. The summed E-state index contributed by atoms with van der Waals surface area (Å²) in [7, 11) is 0. The Balaban J connectivity index is 0.000000568. The summed E-state index contributed by atoms with van der Waals surface area (Å²) >= 11 is 0. The zero-order valence-electron chi connectivity index (χ0n) is 16.7. The van der Waals surface area contributed by atoms with Gasteiger partial charge in [0.05, 0.1) is 13.2 Å². The minimum atomic E-state index is -1.82. The van der Waals surface area contributed by atoms with Crippen LogP contribution in [0.4, 0.5) is 0 Å². The molecule has 8 heteroatoms. The van der Waals surface area contributed by atoms with E-state index in [1.165, 1.54) is 5.56 Å². The molecule has 0 atom stereocenters. The van der Waals surface area contributed by atoms with E-state index in [1.54, 1.807) is 0 Å². The zero-order valence-corrected chi connectivity index (χ0v) is 16.7. The van der Waals surface area contributed by atoms with Crippen molar-refractivity contribution in [1.29, 1.82) is 0 Å². The summed E-state index contributed by atoms with van der Waals surface area (Å²) in [6, 6.07) is 8.21. The molecule has 2 rings (SSSR count). The number of aromatic nitrogens is 2. The Morgan fingerprint density at radius 1 is 1.07 bits per heavy atom. The molecular formula is C20H28N2O6. The molecule has 0 aliphatic rings. The lowest BCUT2D eigenvalue weighted by Gasteiger charge is -2.22. The van der Waals surface area contributed by atoms with Crippen LogP contribution >= 0.6 is 0 Å². The van der Waals surface area contributed by atoms with E-state index in [0.717, 1.165) is 18.1 Å². The monoisotopic (exact) mass is 392 g/mol. The van der Waals surface area contributed by atoms with Gasteiger partial charge in [0.25, 0.3) is 0 Å². The van der Waals surface area contributed by atoms with Crippen LogP contribution in [0.15, 0.2) is 36.7 Å². The highest BCUT2D eigenvalue weighted by molar-refractivity contribution is 6.27. The Labute approximate surface area is 164 Å². The van der Waals surface area contributed by atoms with Gasteiger partial charge >= 0.3 is 11.9 Å². The lowest BCUT2D eigenvalue weighted by molar-refractivity contribution is -0.159. The molecule has 0 saturated carbocycles. The normalized spacial score (nSPS) is 10.7. The van der Waals surface area contributed by atoms with Gasteiger partial charge in [-0.2, -0.15) is 0 Å². The molecule has 0 unspecified atom stereocenters. The van der Waals surface area contributed by atoms with Crippen molar-refractivity contribution in [2.45, 2.75) is 39.7 Å².